The van der Waals surface area contributed by atoms with Crippen LogP contribution in [0.3, 0.4) is 0 Å². The highest BCUT2D eigenvalue weighted by molar-refractivity contribution is 5.68. The van der Waals surface area contributed by atoms with E-state index in [4.69, 9.17) is 4.74 Å². The number of amides is 1. The number of rotatable bonds is 0. The van der Waals surface area contributed by atoms with E-state index in [-0.39, 0.29) is 11.7 Å². The number of fused-ring (bicyclic) bond motifs is 2. The van der Waals surface area contributed by atoms with Gasteiger partial charge in [-0.25, -0.2) is 14.8 Å². The molecule has 0 aromatic carbocycles. The molecule has 2 heterocycles. The van der Waals surface area contributed by atoms with Crippen LogP contribution in [0.25, 0.3) is 0 Å². The largest absolute Gasteiger partial charge is 0.443 e. The summed E-state index contributed by atoms with van der Waals surface area (Å²) in [6, 6.07) is 0. The molecule has 4 heteroatoms. The molecule has 0 N–H and O–H groups in total. The zero-order valence-electron chi connectivity index (χ0n) is 9.12. The van der Waals surface area contributed by atoms with Crippen LogP contribution in [0.5, 0.6) is 0 Å². The van der Waals surface area contributed by atoms with E-state index in [0.29, 0.717) is 5.92 Å². The van der Waals surface area contributed by atoms with Crippen molar-refractivity contribution in [3.63, 3.8) is 0 Å². The Morgan fingerprint density at radius 1 is 1.36 bits per heavy atom. The molecular weight excluding hydrogens is 180 g/mol. The maximum Gasteiger partial charge on any atom is 0.424 e. The first-order valence-corrected chi connectivity index (χ1v) is 5.21. The lowest BCUT2D eigenvalue weighted by molar-refractivity contribution is -0.0285. The molecule has 14 heavy (non-hydrogen) atoms. The molecule has 0 radical (unpaired) electrons. The average molecular weight is 198 g/mol. The van der Waals surface area contributed by atoms with E-state index in [1.165, 1.54) is 6.42 Å². The molecule has 1 amide bonds. The summed E-state index contributed by atoms with van der Waals surface area (Å²) in [6.45, 7) is 8.57. The Balaban J connectivity index is 1.93. The molecule has 2 saturated heterocycles. The summed E-state index contributed by atoms with van der Waals surface area (Å²) in [7, 11) is 0. The van der Waals surface area contributed by atoms with Crippen LogP contribution in [0.2, 0.25) is 0 Å². The van der Waals surface area contributed by atoms with E-state index in [2.05, 4.69) is 5.01 Å². The summed E-state index contributed by atoms with van der Waals surface area (Å²) in [5.74, 6) is 0.669. The highest BCUT2D eigenvalue weighted by Gasteiger charge is 2.40. The molecular formula is C10H18N2O2. The van der Waals surface area contributed by atoms with E-state index in [0.717, 1.165) is 19.6 Å². The van der Waals surface area contributed by atoms with E-state index in [9.17, 15) is 4.79 Å². The Kier molecular flexibility index (Phi) is 2.18. The Morgan fingerprint density at radius 3 is 2.50 bits per heavy atom. The second-order valence-corrected chi connectivity index (χ2v) is 5.13. The van der Waals surface area contributed by atoms with E-state index in [1.54, 1.807) is 5.01 Å². The van der Waals surface area contributed by atoms with Crippen molar-refractivity contribution in [1.29, 1.82) is 0 Å². The highest BCUT2D eigenvalue weighted by atomic mass is 16.6. The van der Waals surface area contributed by atoms with Crippen molar-refractivity contribution >= 4 is 6.09 Å². The number of carbonyl (C=O) groups excluding carboxylic acids is 1. The van der Waals surface area contributed by atoms with E-state index >= 15 is 0 Å². The van der Waals surface area contributed by atoms with Gasteiger partial charge in [-0.05, 0) is 33.1 Å². The van der Waals surface area contributed by atoms with Crippen molar-refractivity contribution in [2.45, 2.75) is 32.8 Å². The minimum Gasteiger partial charge on any atom is -0.443 e. The van der Waals surface area contributed by atoms with Gasteiger partial charge in [0.2, 0.25) is 0 Å². The minimum atomic E-state index is -0.389. The van der Waals surface area contributed by atoms with Gasteiger partial charge in [0.1, 0.15) is 5.60 Å². The first-order chi connectivity index (χ1) is 6.46. The van der Waals surface area contributed by atoms with Gasteiger partial charge in [0, 0.05) is 19.6 Å². The number of nitrogens with zero attached hydrogens (tertiary/aromatic N) is 2. The normalized spacial score (nSPS) is 30.9. The molecule has 2 unspecified atom stereocenters. The van der Waals surface area contributed by atoms with Crippen LogP contribution in [-0.4, -0.2) is 41.3 Å². The summed E-state index contributed by atoms with van der Waals surface area (Å²) in [4.78, 5) is 11.7. The van der Waals surface area contributed by atoms with Gasteiger partial charge in [-0.1, -0.05) is 0 Å². The molecule has 2 bridgehead atoms. The van der Waals surface area contributed by atoms with Gasteiger partial charge in [0.25, 0.3) is 0 Å². The number of hydrazine groups is 1. The molecule has 2 rings (SSSR count). The van der Waals surface area contributed by atoms with Gasteiger partial charge < -0.3 is 4.74 Å². The Morgan fingerprint density at radius 2 is 2.07 bits per heavy atom. The zero-order valence-corrected chi connectivity index (χ0v) is 9.12. The van der Waals surface area contributed by atoms with Crippen molar-refractivity contribution < 1.29 is 9.53 Å². The Bertz CT molecular complexity index is 247. The van der Waals surface area contributed by atoms with Gasteiger partial charge >= 0.3 is 6.09 Å². The lowest BCUT2D eigenvalue weighted by Gasteiger charge is -2.31. The molecule has 0 spiro atoms. The predicted octanol–water partition coefficient (Wildman–Crippen LogP) is 1.47. The quantitative estimate of drug-likeness (QED) is 0.591. The summed E-state index contributed by atoms with van der Waals surface area (Å²) >= 11 is 0. The second-order valence-electron chi connectivity index (χ2n) is 5.13. The molecule has 2 fully saturated rings. The highest BCUT2D eigenvalue weighted by Crippen LogP contribution is 2.28. The van der Waals surface area contributed by atoms with Gasteiger partial charge in [-0.3, -0.25) is 0 Å². The summed E-state index contributed by atoms with van der Waals surface area (Å²) in [5.41, 5.74) is -0.389. The van der Waals surface area contributed by atoms with Gasteiger partial charge in [-0.15, -0.1) is 0 Å². The third-order valence-corrected chi connectivity index (χ3v) is 2.64. The third kappa shape index (κ3) is 1.85. The SMILES string of the molecule is CC(C)(C)OC(=O)N1CC2CCN1C2. The van der Waals surface area contributed by atoms with Crippen molar-refractivity contribution in [2.75, 3.05) is 19.6 Å². The Labute approximate surface area is 84.8 Å². The predicted molar refractivity (Wildman–Crippen MR) is 52.6 cm³/mol. The molecule has 80 valence electrons. The molecule has 2 atom stereocenters. The monoisotopic (exact) mass is 198 g/mol. The van der Waals surface area contributed by atoms with Crippen LogP contribution >= 0.6 is 0 Å². The average Bonchev–Trinajstić information content (AvgIpc) is 2.59. The van der Waals surface area contributed by atoms with Gasteiger partial charge in [0.15, 0.2) is 0 Å². The fraction of sp³-hybridized carbons (Fsp3) is 0.900. The van der Waals surface area contributed by atoms with Crippen LogP contribution in [0.4, 0.5) is 4.79 Å². The van der Waals surface area contributed by atoms with Gasteiger partial charge in [-0.2, -0.15) is 0 Å². The zero-order chi connectivity index (χ0) is 10.3. The molecule has 0 aliphatic carbocycles. The fourth-order valence-corrected chi connectivity index (χ4v) is 2.05. The fourth-order valence-electron chi connectivity index (χ4n) is 2.05. The Hall–Kier alpha value is -0.770. The smallest absolute Gasteiger partial charge is 0.424 e. The van der Waals surface area contributed by atoms with Crippen molar-refractivity contribution in [3.8, 4) is 0 Å². The topological polar surface area (TPSA) is 32.8 Å². The molecule has 4 nitrogen and oxygen atoms in total. The molecule has 0 aromatic rings. The molecule has 0 aromatic heterocycles. The molecule has 2 aliphatic rings. The van der Waals surface area contributed by atoms with Crippen LogP contribution in [0.15, 0.2) is 0 Å². The number of hydrogen-bond acceptors (Lipinski definition) is 3. The van der Waals surface area contributed by atoms with Crippen molar-refractivity contribution in [1.82, 2.24) is 10.0 Å². The molecule has 0 saturated carbocycles. The summed E-state index contributed by atoms with van der Waals surface area (Å²) in [5, 5.41) is 3.85. The van der Waals surface area contributed by atoms with Crippen LogP contribution in [-0.2, 0) is 4.74 Å². The van der Waals surface area contributed by atoms with E-state index in [1.807, 2.05) is 20.8 Å². The minimum absolute atomic E-state index is 0.195. The standard InChI is InChI=1S/C10H18N2O2/c1-10(2,3)14-9(13)12-7-8-4-5-11(12)6-8/h8H,4-7H2,1-3H3. The molecule has 2 aliphatic heterocycles. The first-order valence-electron chi connectivity index (χ1n) is 5.21. The van der Waals surface area contributed by atoms with Crippen LogP contribution in [0.1, 0.15) is 27.2 Å². The maximum atomic E-state index is 11.7. The lowest BCUT2D eigenvalue weighted by Crippen LogP contribution is -2.45. The number of hydrogen-bond donors (Lipinski definition) is 0. The van der Waals surface area contributed by atoms with Crippen LogP contribution < -0.4 is 0 Å². The van der Waals surface area contributed by atoms with E-state index < -0.39 is 0 Å². The van der Waals surface area contributed by atoms with Crippen molar-refractivity contribution in [2.24, 2.45) is 5.92 Å². The summed E-state index contributed by atoms with van der Waals surface area (Å²) in [6.07, 6.45) is 1.03. The summed E-state index contributed by atoms with van der Waals surface area (Å²) < 4.78 is 5.32. The maximum absolute atomic E-state index is 11.7. The number of ether oxygens (including phenoxy) is 1. The number of carbonyl (C=O) groups is 1. The van der Waals surface area contributed by atoms with Gasteiger partial charge in [0.05, 0.1) is 0 Å². The lowest BCUT2D eigenvalue weighted by atomic mass is 10.1. The second kappa shape index (κ2) is 3.12. The first kappa shape index (κ1) is 9.77. The third-order valence-electron chi connectivity index (χ3n) is 2.64. The van der Waals surface area contributed by atoms with Crippen molar-refractivity contribution in [3.05, 3.63) is 0 Å². The van der Waals surface area contributed by atoms with Crippen LogP contribution in [0, 0.1) is 5.92 Å².